The van der Waals surface area contributed by atoms with Crippen LogP contribution in [0.4, 0.5) is 0 Å². The van der Waals surface area contributed by atoms with Crippen molar-refractivity contribution in [1.82, 2.24) is 9.21 Å². The molecular formula is C17H22N2O5S. The summed E-state index contributed by atoms with van der Waals surface area (Å²) in [5, 5.41) is 9.77. The van der Waals surface area contributed by atoms with Crippen molar-refractivity contribution in [1.29, 1.82) is 0 Å². The molecule has 2 heterocycles. The normalized spacial score (nSPS) is 22.6. The van der Waals surface area contributed by atoms with Crippen LogP contribution in [0.1, 0.15) is 24.8 Å². The van der Waals surface area contributed by atoms with Gasteiger partial charge in [-0.3, -0.25) is 9.59 Å². The van der Waals surface area contributed by atoms with Crippen LogP contribution in [0.3, 0.4) is 0 Å². The molecule has 136 valence electrons. The summed E-state index contributed by atoms with van der Waals surface area (Å²) in [6.45, 7) is 0.862. The van der Waals surface area contributed by atoms with Gasteiger partial charge in [-0.25, -0.2) is 8.42 Å². The maximum Gasteiger partial charge on any atom is 0.314 e. The van der Waals surface area contributed by atoms with Gasteiger partial charge >= 0.3 is 5.97 Å². The number of carboxylic acid groups (broad SMARTS) is 1. The van der Waals surface area contributed by atoms with Crippen LogP contribution in [-0.4, -0.2) is 66.5 Å². The summed E-state index contributed by atoms with van der Waals surface area (Å²) < 4.78 is 24.9. The van der Waals surface area contributed by atoms with E-state index in [9.17, 15) is 23.1 Å². The first-order chi connectivity index (χ1) is 11.8. The van der Waals surface area contributed by atoms with Gasteiger partial charge in [0.2, 0.25) is 15.9 Å². The predicted molar refractivity (Wildman–Crippen MR) is 91.5 cm³/mol. The highest BCUT2D eigenvalue weighted by Crippen LogP contribution is 2.36. The van der Waals surface area contributed by atoms with Crippen molar-refractivity contribution in [2.75, 3.05) is 31.9 Å². The zero-order valence-electron chi connectivity index (χ0n) is 13.9. The van der Waals surface area contributed by atoms with Crippen molar-refractivity contribution in [3.05, 3.63) is 35.9 Å². The minimum Gasteiger partial charge on any atom is -0.481 e. The van der Waals surface area contributed by atoms with E-state index < -0.39 is 21.4 Å². The summed E-state index contributed by atoms with van der Waals surface area (Å²) >= 11 is 0. The molecule has 1 amide bonds. The van der Waals surface area contributed by atoms with E-state index in [-0.39, 0.29) is 18.2 Å². The Kier molecular flexibility index (Phi) is 4.83. The molecule has 1 N–H and O–H groups in total. The number of carbonyl (C=O) groups is 2. The Morgan fingerprint density at radius 3 is 2.24 bits per heavy atom. The SMILES string of the molecule is O=C(CN1CCCS1(=O)=O)N1CCC(C(=O)O)(c2ccccc2)CC1. The summed E-state index contributed by atoms with van der Waals surface area (Å²) in [4.78, 5) is 25.9. The van der Waals surface area contributed by atoms with E-state index in [1.165, 1.54) is 4.31 Å². The van der Waals surface area contributed by atoms with Crippen LogP contribution in [0.2, 0.25) is 0 Å². The zero-order chi connectivity index (χ0) is 18.1. The van der Waals surface area contributed by atoms with Gasteiger partial charge in [-0.2, -0.15) is 4.31 Å². The largest absolute Gasteiger partial charge is 0.481 e. The number of hydrogen-bond donors (Lipinski definition) is 1. The van der Waals surface area contributed by atoms with Crippen molar-refractivity contribution in [2.24, 2.45) is 0 Å². The molecule has 7 nitrogen and oxygen atoms in total. The van der Waals surface area contributed by atoms with Crippen molar-refractivity contribution in [3.63, 3.8) is 0 Å². The molecule has 25 heavy (non-hydrogen) atoms. The quantitative estimate of drug-likeness (QED) is 0.845. The van der Waals surface area contributed by atoms with Crippen molar-refractivity contribution in [2.45, 2.75) is 24.7 Å². The Hall–Kier alpha value is -1.93. The Morgan fingerprint density at radius 2 is 1.72 bits per heavy atom. The molecule has 0 aliphatic carbocycles. The standard InChI is InChI=1S/C17H22N2O5S/c20-15(13-19-9-4-12-25(19,23)24)18-10-7-17(8-11-18,16(21)22)14-5-2-1-3-6-14/h1-3,5-6H,4,7-13H2,(H,21,22). The topological polar surface area (TPSA) is 95.0 Å². The number of hydrogen-bond acceptors (Lipinski definition) is 4. The molecule has 2 fully saturated rings. The number of aliphatic carboxylic acids is 1. The van der Waals surface area contributed by atoms with Crippen LogP contribution in [0.5, 0.6) is 0 Å². The Bertz CT molecular complexity index is 755. The smallest absolute Gasteiger partial charge is 0.314 e. The van der Waals surface area contributed by atoms with Gasteiger partial charge in [0, 0.05) is 19.6 Å². The van der Waals surface area contributed by atoms with Gasteiger partial charge < -0.3 is 10.0 Å². The fraction of sp³-hybridized carbons (Fsp3) is 0.529. The van der Waals surface area contributed by atoms with Gasteiger partial charge in [-0.1, -0.05) is 30.3 Å². The van der Waals surface area contributed by atoms with Gasteiger partial charge in [0.15, 0.2) is 0 Å². The molecule has 0 radical (unpaired) electrons. The van der Waals surface area contributed by atoms with Crippen LogP contribution in [-0.2, 0) is 25.0 Å². The number of carbonyl (C=O) groups excluding carboxylic acids is 1. The van der Waals surface area contributed by atoms with E-state index in [1.807, 2.05) is 30.3 Å². The molecule has 1 aromatic carbocycles. The maximum atomic E-state index is 12.4. The number of carboxylic acids is 1. The third-order valence-corrected chi connectivity index (χ3v) is 7.12. The summed E-state index contributed by atoms with van der Waals surface area (Å²) in [6.07, 6.45) is 1.20. The first-order valence-electron chi connectivity index (χ1n) is 8.40. The van der Waals surface area contributed by atoms with Crippen LogP contribution in [0.15, 0.2) is 30.3 Å². The lowest BCUT2D eigenvalue weighted by molar-refractivity contribution is -0.148. The molecular weight excluding hydrogens is 344 g/mol. The van der Waals surface area contributed by atoms with E-state index in [4.69, 9.17) is 0 Å². The summed E-state index contributed by atoms with van der Waals surface area (Å²) in [5.74, 6) is -1.04. The number of sulfonamides is 1. The molecule has 2 aliphatic rings. The molecule has 0 unspecified atom stereocenters. The van der Waals surface area contributed by atoms with Crippen molar-refractivity contribution >= 4 is 21.9 Å². The van der Waals surface area contributed by atoms with Crippen LogP contribution in [0, 0.1) is 0 Å². The first-order valence-corrected chi connectivity index (χ1v) is 10.0. The van der Waals surface area contributed by atoms with Gasteiger partial charge in [0.05, 0.1) is 17.7 Å². The van der Waals surface area contributed by atoms with E-state index in [0.717, 1.165) is 5.56 Å². The molecule has 0 bridgehead atoms. The fourth-order valence-corrected chi connectivity index (χ4v) is 5.11. The average Bonchev–Trinajstić information content (AvgIpc) is 2.94. The highest BCUT2D eigenvalue weighted by molar-refractivity contribution is 7.89. The molecule has 2 saturated heterocycles. The number of rotatable bonds is 4. The monoisotopic (exact) mass is 366 g/mol. The fourth-order valence-electron chi connectivity index (χ4n) is 3.64. The number of amides is 1. The Balaban J connectivity index is 1.68. The second-order valence-electron chi connectivity index (χ2n) is 6.64. The zero-order valence-corrected chi connectivity index (χ0v) is 14.7. The van der Waals surface area contributed by atoms with Crippen molar-refractivity contribution in [3.8, 4) is 0 Å². The molecule has 2 aliphatic heterocycles. The summed E-state index contributed by atoms with van der Waals surface area (Å²) in [5.41, 5.74) is -0.241. The Labute approximate surface area is 147 Å². The van der Waals surface area contributed by atoms with Crippen LogP contribution >= 0.6 is 0 Å². The minimum absolute atomic E-state index is 0.0937. The molecule has 0 spiro atoms. The molecule has 8 heteroatoms. The minimum atomic E-state index is -3.31. The van der Waals surface area contributed by atoms with E-state index in [2.05, 4.69) is 0 Å². The second kappa shape index (κ2) is 6.76. The molecule has 1 aromatic rings. The highest BCUT2D eigenvalue weighted by Gasteiger charge is 2.44. The van der Waals surface area contributed by atoms with E-state index in [1.54, 1.807) is 4.90 Å². The lowest BCUT2D eigenvalue weighted by Crippen LogP contribution is -2.51. The first kappa shape index (κ1) is 17.9. The Morgan fingerprint density at radius 1 is 1.08 bits per heavy atom. The number of likely N-dealkylation sites (tertiary alicyclic amines) is 1. The second-order valence-corrected chi connectivity index (χ2v) is 8.73. The molecule has 0 atom stereocenters. The third-order valence-electron chi connectivity index (χ3n) is 5.22. The van der Waals surface area contributed by atoms with Gasteiger partial charge in [-0.05, 0) is 24.8 Å². The van der Waals surface area contributed by atoms with E-state index >= 15 is 0 Å². The predicted octanol–water partition coefficient (Wildman–Crippen LogP) is 0.667. The lowest BCUT2D eigenvalue weighted by atomic mass is 9.73. The number of nitrogens with zero attached hydrogens (tertiary/aromatic N) is 2. The summed E-state index contributed by atoms with van der Waals surface area (Å²) in [7, 11) is -3.31. The van der Waals surface area contributed by atoms with Gasteiger partial charge in [0.25, 0.3) is 0 Å². The average molecular weight is 366 g/mol. The highest BCUT2D eigenvalue weighted by atomic mass is 32.2. The molecule has 0 aromatic heterocycles. The van der Waals surface area contributed by atoms with Gasteiger partial charge in [0.1, 0.15) is 0 Å². The molecule has 3 rings (SSSR count). The number of piperidine rings is 1. The maximum absolute atomic E-state index is 12.4. The van der Waals surface area contributed by atoms with Crippen LogP contribution in [0.25, 0.3) is 0 Å². The van der Waals surface area contributed by atoms with E-state index in [0.29, 0.717) is 38.9 Å². The number of benzene rings is 1. The summed E-state index contributed by atoms with van der Waals surface area (Å²) in [6, 6.07) is 9.09. The van der Waals surface area contributed by atoms with Gasteiger partial charge in [-0.15, -0.1) is 0 Å². The molecule has 0 saturated carbocycles. The lowest BCUT2D eigenvalue weighted by Gasteiger charge is -2.39. The van der Waals surface area contributed by atoms with Crippen molar-refractivity contribution < 1.29 is 23.1 Å². The van der Waals surface area contributed by atoms with Crippen LogP contribution < -0.4 is 0 Å². The third kappa shape index (κ3) is 3.41.